The zero-order chi connectivity index (χ0) is 15.0. The number of hydrogen-bond donors (Lipinski definition) is 2. The first-order valence-corrected chi connectivity index (χ1v) is 5.89. The van der Waals surface area contributed by atoms with Gasteiger partial charge >= 0.3 is 6.18 Å². The van der Waals surface area contributed by atoms with Gasteiger partial charge in [0.05, 0.1) is 11.1 Å². The number of aromatic nitrogens is 3. The summed E-state index contributed by atoms with van der Waals surface area (Å²) in [5.74, 6) is 0.253. The molecule has 0 aliphatic heterocycles. The Morgan fingerprint density at radius 1 is 1.19 bits per heavy atom. The van der Waals surface area contributed by atoms with Crippen molar-refractivity contribution in [1.29, 1.82) is 0 Å². The highest BCUT2D eigenvalue weighted by molar-refractivity contribution is 5.85. The van der Waals surface area contributed by atoms with Gasteiger partial charge in [0.1, 0.15) is 5.69 Å². The zero-order valence-corrected chi connectivity index (χ0v) is 10.5. The first kappa shape index (κ1) is 13.2. The molecule has 0 aliphatic rings. The highest BCUT2D eigenvalue weighted by atomic mass is 19.4. The Morgan fingerprint density at radius 3 is 2.67 bits per heavy atom. The minimum absolute atomic E-state index is 0.0129. The predicted molar refractivity (Wildman–Crippen MR) is 68.9 cm³/mol. The summed E-state index contributed by atoms with van der Waals surface area (Å²) in [6.45, 7) is 0. The van der Waals surface area contributed by atoms with E-state index in [0.29, 0.717) is 11.3 Å². The van der Waals surface area contributed by atoms with E-state index in [1.807, 2.05) is 0 Å². The first-order chi connectivity index (χ1) is 9.97. The molecule has 3 aromatic rings. The molecule has 0 bridgehead atoms. The van der Waals surface area contributed by atoms with Crippen molar-refractivity contribution >= 4 is 5.82 Å². The van der Waals surface area contributed by atoms with Crippen LogP contribution in [0.15, 0.2) is 41.1 Å². The minimum Gasteiger partial charge on any atom is -0.380 e. The number of rotatable bonds is 2. The van der Waals surface area contributed by atoms with Crippen LogP contribution in [0.1, 0.15) is 5.56 Å². The first-order valence-electron chi connectivity index (χ1n) is 5.89. The number of nitrogens with two attached hydrogens (primary N) is 1. The van der Waals surface area contributed by atoms with Gasteiger partial charge in [-0.05, 0) is 23.8 Å². The lowest BCUT2D eigenvalue weighted by atomic mass is 10.0. The number of hydrogen-bond acceptors (Lipinski definition) is 4. The van der Waals surface area contributed by atoms with E-state index in [-0.39, 0.29) is 17.1 Å². The van der Waals surface area contributed by atoms with Gasteiger partial charge < -0.3 is 10.3 Å². The highest BCUT2D eigenvalue weighted by Crippen LogP contribution is 2.38. The fourth-order valence-electron chi connectivity index (χ4n) is 2.00. The van der Waals surface area contributed by atoms with Crippen molar-refractivity contribution in [2.75, 3.05) is 5.73 Å². The van der Waals surface area contributed by atoms with Gasteiger partial charge in [-0.15, -0.1) is 0 Å². The van der Waals surface area contributed by atoms with Gasteiger partial charge in [0.25, 0.3) is 0 Å². The van der Waals surface area contributed by atoms with E-state index in [2.05, 4.69) is 15.4 Å². The summed E-state index contributed by atoms with van der Waals surface area (Å²) in [6, 6.07) is 6.42. The summed E-state index contributed by atoms with van der Waals surface area (Å²) in [5.41, 5.74) is 6.00. The molecule has 8 heteroatoms. The second-order valence-electron chi connectivity index (χ2n) is 4.32. The summed E-state index contributed by atoms with van der Waals surface area (Å²) in [7, 11) is 0. The van der Waals surface area contributed by atoms with Crippen LogP contribution >= 0.6 is 0 Å². The molecule has 108 valence electrons. The standard InChI is InChI=1S/C13H9F3N4O/c14-13(15,16)8-3-1-2-7(6-8)10-11(21-20-12(10)17)9-4-5-18-19-9/h1-6H,(H2,17,20)(H,18,19). The molecule has 0 spiro atoms. The molecule has 0 saturated heterocycles. The maximum absolute atomic E-state index is 12.8. The second-order valence-corrected chi connectivity index (χ2v) is 4.32. The van der Waals surface area contributed by atoms with Crippen LogP contribution in [0.25, 0.3) is 22.6 Å². The van der Waals surface area contributed by atoms with Crippen LogP contribution in [-0.4, -0.2) is 15.4 Å². The van der Waals surface area contributed by atoms with E-state index >= 15 is 0 Å². The SMILES string of the molecule is Nc1noc(-c2ccn[nH]2)c1-c1cccc(C(F)(F)F)c1. The summed E-state index contributed by atoms with van der Waals surface area (Å²) in [4.78, 5) is 0. The minimum atomic E-state index is -4.43. The van der Waals surface area contributed by atoms with Gasteiger partial charge in [-0.2, -0.15) is 18.3 Å². The molecular weight excluding hydrogens is 285 g/mol. The predicted octanol–water partition coefficient (Wildman–Crippen LogP) is 3.33. The Morgan fingerprint density at radius 2 is 2.00 bits per heavy atom. The number of nitrogen functional groups attached to an aromatic ring is 1. The van der Waals surface area contributed by atoms with Crippen molar-refractivity contribution in [2.24, 2.45) is 0 Å². The molecule has 2 aromatic heterocycles. The lowest BCUT2D eigenvalue weighted by Crippen LogP contribution is -2.04. The largest absolute Gasteiger partial charge is 0.416 e. The summed E-state index contributed by atoms with van der Waals surface area (Å²) in [6.07, 6.45) is -2.94. The third kappa shape index (κ3) is 2.35. The summed E-state index contributed by atoms with van der Waals surface area (Å²) >= 11 is 0. The number of benzene rings is 1. The van der Waals surface area contributed by atoms with Crippen molar-refractivity contribution in [1.82, 2.24) is 15.4 Å². The summed E-state index contributed by atoms with van der Waals surface area (Å²) < 4.78 is 43.5. The summed E-state index contributed by atoms with van der Waals surface area (Å²) in [5, 5.41) is 10.0. The molecule has 2 heterocycles. The molecule has 0 amide bonds. The monoisotopic (exact) mass is 294 g/mol. The van der Waals surface area contributed by atoms with Gasteiger partial charge in [0.2, 0.25) is 0 Å². The van der Waals surface area contributed by atoms with Crippen LogP contribution in [-0.2, 0) is 6.18 Å². The van der Waals surface area contributed by atoms with Crippen LogP contribution < -0.4 is 5.73 Å². The van der Waals surface area contributed by atoms with Crippen molar-refractivity contribution in [3.63, 3.8) is 0 Å². The number of alkyl halides is 3. The number of aromatic amines is 1. The van der Waals surface area contributed by atoms with Crippen LogP contribution in [0.4, 0.5) is 19.0 Å². The van der Waals surface area contributed by atoms with E-state index < -0.39 is 11.7 Å². The Bertz CT molecular complexity index is 762. The lowest BCUT2D eigenvalue weighted by Gasteiger charge is -2.08. The molecular formula is C13H9F3N4O. The average Bonchev–Trinajstić information content (AvgIpc) is 3.06. The Hall–Kier alpha value is -2.77. The third-order valence-corrected chi connectivity index (χ3v) is 2.94. The molecule has 0 atom stereocenters. The Balaban J connectivity index is 2.16. The van der Waals surface area contributed by atoms with E-state index in [1.165, 1.54) is 18.3 Å². The van der Waals surface area contributed by atoms with E-state index in [9.17, 15) is 13.2 Å². The van der Waals surface area contributed by atoms with Crippen LogP contribution in [0.2, 0.25) is 0 Å². The zero-order valence-electron chi connectivity index (χ0n) is 10.5. The third-order valence-electron chi connectivity index (χ3n) is 2.94. The van der Waals surface area contributed by atoms with E-state index in [4.69, 9.17) is 10.3 Å². The van der Waals surface area contributed by atoms with E-state index in [0.717, 1.165) is 12.1 Å². The molecule has 0 unspecified atom stereocenters. The second kappa shape index (κ2) is 4.65. The van der Waals surface area contributed by atoms with Gasteiger partial charge in [0.15, 0.2) is 11.6 Å². The van der Waals surface area contributed by atoms with Gasteiger partial charge in [0, 0.05) is 6.20 Å². The van der Waals surface area contributed by atoms with Crippen molar-refractivity contribution in [3.8, 4) is 22.6 Å². The maximum atomic E-state index is 12.8. The molecule has 3 N–H and O–H groups in total. The quantitative estimate of drug-likeness (QED) is 0.759. The number of anilines is 1. The van der Waals surface area contributed by atoms with Crippen molar-refractivity contribution < 1.29 is 17.7 Å². The van der Waals surface area contributed by atoms with Crippen LogP contribution in [0.5, 0.6) is 0 Å². The fraction of sp³-hybridized carbons (Fsp3) is 0.0769. The molecule has 0 saturated carbocycles. The smallest absolute Gasteiger partial charge is 0.380 e. The molecule has 5 nitrogen and oxygen atoms in total. The maximum Gasteiger partial charge on any atom is 0.416 e. The van der Waals surface area contributed by atoms with Crippen LogP contribution in [0.3, 0.4) is 0 Å². The van der Waals surface area contributed by atoms with E-state index in [1.54, 1.807) is 6.07 Å². The lowest BCUT2D eigenvalue weighted by molar-refractivity contribution is -0.137. The molecule has 0 aliphatic carbocycles. The molecule has 0 radical (unpaired) electrons. The average molecular weight is 294 g/mol. The van der Waals surface area contributed by atoms with Crippen LogP contribution in [0, 0.1) is 0 Å². The fourth-order valence-corrected chi connectivity index (χ4v) is 2.00. The van der Waals surface area contributed by atoms with Gasteiger partial charge in [-0.25, -0.2) is 0 Å². The number of nitrogens with zero attached hydrogens (tertiary/aromatic N) is 2. The normalized spacial score (nSPS) is 11.8. The van der Waals surface area contributed by atoms with Gasteiger partial charge in [-0.3, -0.25) is 5.10 Å². The molecule has 21 heavy (non-hydrogen) atoms. The van der Waals surface area contributed by atoms with Crippen molar-refractivity contribution in [3.05, 3.63) is 42.1 Å². The van der Waals surface area contributed by atoms with Gasteiger partial charge in [-0.1, -0.05) is 17.3 Å². The molecule has 1 aromatic carbocycles. The number of H-pyrrole nitrogens is 1. The number of nitrogens with one attached hydrogen (secondary N) is 1. The molecule has 3 rings (SSSR count). The molecule has 0 fully saturated rings. The number of halogens is 3. The topological polar surface area (TPSA) is 80.7 Å². The highest BCUT2D eigenvalue weighted by Gasteiger charge is 2.31. The Labute approximate surface area is 116 Å². The van der Waals surface area contributed by atoms with Crippen molar-refractivity contribution in [2.45, 2.75) is 6.18 Å². The Kier molecular flexibility index (Phi) is 2.93.